The van der Waals surface area contributed by atoms with Gasteiger partial charge in [0.05, 0.1) is 11.2 Å². The van der Waals surface area contributed by atoms with E-state index in [1.807, 2.05) is 87.5 Å². The van der Waals surface area contributed by atoms with E-state index in [0.29, 0.717) is 11.3 Å². The minimum Gasteiger partial charge on any atom is -0.450 e. The minimum absolute atomic E-state index is 0.0334. The molecule has 1 aliphatic heterocycles. The number of rotatable bonds is 9. The molecule has 0 amide bonds. The second-order valence-electron chi connectivity index (χ2n) is 11.8. The predicted octanol–water partition coefficient (Wildman–Crippen LogP) is 6.06. The molecule has 2 heterocycles. The van der Waals surface area contributed by atoms with Crippen molar-refractivity contribution in [2.24, 2.45) is 11.3 Å². The summed E-state index contributed by atoms with van der Waals surface area (Å²) in [6, 6.07) is 26.2. The molecule has 218 valence electrons. The van der Waals surface area contributed by atoms with E-state index in [9.17, 15) is 18.0 Å². The van der Waals surface area contributed by atoms with E-state index < -0.39 is 38.8 Å². The number of benzene rings is 3. The molecule has 0 radical (unpaired) electrons. The minimum atomic E-state index is -3.88. The van der Waals surface area contributed by atoms with Gasteiger partial charge in [-0.2, -0.15) is 8.42 Å². The number of carbonyl (C=O) groups is 2. The molecular weight excluding hydrogens is 569 g/mol. The molecule has 2 unspecified atom stereocenters. The first-order chi connectivity index (χ1) is 19.9. The molecule has 7 nitrogen and oxygen atoms in total. The highest BCUT2D eigenvalue weighted by atomic mass is 32.2. The highest BCUT2D eigenvalue weighted by molar-refractivity contribution is 7.92. The van der Waals surface area contributed by atoms with Crippen molar-refractivity contribution in [1.82, 2.24) is 4.98 Å². The van der Waals surface area contributed by atoms with Crippen LogP contribution in [-0.2, 0) is 37.2 Å². The molecule has 0 spiro atoms. The maximum atomic E-state index is 14.6. The largest absolute Gasteiger partial charge is 0.450 e. The maximum absolute atomic E-state index is 14.6. The topological polar surface area (TPSA) is 93.6 Å². The number of anilines is 1. The van der Waals surface area contributed by atoms with Gasteiger partial charge in [-0.15, -0.1) is 11.3 Å². The number of thiazole rings is 1. The van der Waals surface area contributed by atoms with Crippen molar-refractivity contribution in [3.63, 3.8) is 0 Å². The zero-order valence-corrected chi connectivity index (χ0v) is 25.7. The van der Waals surface area contributed by atoms with E-state index in [2.05, 4.69) is 4.98 Å². The summed E-state index contributed by atoms with van der Waals surface area (Å²) in [5.41, 5.74) is 2.47. The second-order valence-corrected chi connectivity index (χ2v) is 14.5. The summed E-state index contributed by atoms with van der Waals surface area (Å²) in [6.45, 7) is 5.94. The number of esters is 1. The highest BCUT2D eigenvalue weighted by Crippen LogP contribution is 2.48. The fraction of sp³-hybridized carbons (Fsp3) is 0.303. The number of carbonyl (C=O) groups excluding carboxylic acids is 2. The van der Waals surface area contributed by atoms with Gasteiger partial charge in [0.2, 0.25) is 0 Å². The Kier molecular flexibility index (Phi) is 8.09. The Morgan fingerprint density at radius 3 is 2.05 bits per heavy atom. The Labute approximate surface area is 251 Å². The Bertz CT molecular complexity index is 1620. The molecule has 0 bridgehead atoms. The van der Waals surface area contributed by atoms with E-state index in [1.54, 1.807) is 18.2 Å². The summed E-state index contributed by atoms with van der Waals surface area (Å²) < 4.78 is 33.7. The third-order valence-corrected chi connectivity index (χ3v) is 10.3. The maximum Gasteiger partial charge on any atom is 0.318 e. The van der Waals surface area contributed by atoms with Gasteiger partial charge in [-0.25, -0.2) is 4.98 Å². The van der Waals surface area contributed by atoms with Crippen molar-refractivity contribution in [2.45, 2.75) is 50.2 Å². The van der Waals surface area contributed by atoms with Crippen LogP contribution in [0.4, 0.5) is 5.69 Å². The molecule has 5 rings (SSSR count). The summed E-state index contributed by atoms with van der Waals surface area (Å²) in [6.07, 6.45) is 0.519. The fourth-order valence-corrected chi connectivity index (χ4v) is 7.85. The predicted molar refractivity (Wildman–Crippen MR) is 164 cm³/mol. The van der Waals surface area contributed by atoms with Crippen LogP contribution in [0.2, 0.25) is 0 Å². The van der Waals surface area contributed by atoms with Crippen molar-refractivity contribution < 1.29 is 22.7 Å². The van der Waals surface area contributed by atoms with Gasteiger partial charge in [0.15, 0.2) is 16.4 Å². The van der Waals surface area contributed by atoms with E-state index >= 15 is 0 Å². The van der Waals surface area contributed by atoms with Crippen molar-refractivity contribution in [3.8, 4) is 0 Å². The first-order valence-corrected chi connectivity index (χ1v) is 16.1. The summed E-state index contributed by atoms with van der Waals surface area (Å²) >= 11 is 1.20. The molecule has 4 aromatic rings. The summed E-state index contributed by atoms with van der Waals surface area (Å²) in [5, 5.41) is 1.45. The van der Waals surface area contributed by atoms with Gasteiger partial charge < -0.3 is 4.74 Å². The van der Waals surface area contributed by atoms with Crippen LogP contribution >= 0.6 is 11.3 Å². The van der Waals surface area contributed by atoms with Crippen molar-refractivity contribution >= 4 is 38.8 Å². The lowest BCUT2D eigenvalue weighted by Gasteiger charge is -2.34. The number of hydrogen-bond donors (Lipinski definition) is 0. The number of ketones is 1. The third kappa shape index (κ3) is 5.76. The normalized spacial score (nSPS) is 17.6. The molecule has 0 aliphatic carbocycles. The summed E-state index contributed by atoms with van der Waals surface area (Å²) in [5.74, 6) is -2.44. The number of aromatic nitrogens is 1. The Hall–Kier alpha value is -3.82. The smallest absolute Gasteiger partial charge is 0.318 e. The van der Waals surface area contributed by atoms with Gasteiger partial charge in [0.1, 0.15) is 5.92 Å². The monoisotopic (exact) mass is 602 g/mol. The van der Waals surface area contributed by atoms with E-state index in [-0.39, 0.29) is 23.7 Å². The molecular formula is C33H34N2O5S2. The lowest BCUT2D eigenvalue weighted by molar-refractivity contribution is -0.153. The Morgan fingerprint density at radius 1 is 0.929 bits per heavy atom. The summed E-state index contributed by atoms with van der Waals surface area (Å²) in [7, 11) is -2.41. The number of cyclic esters (lactones) is 1. The van der Waals surface area contributed by atoms with Crippen LogP contribution in [0, 0.1) is 11.3 Å². The average molecular weight is 603 g/mol. The quantitative estimate of drug-likeness (QED) is 0.171. The molecule has 1 aliphatic rings. The van der Waals surface area contributed by atoms with E-state index in [4.69, 9.17) is 4.74 Å². The Balaban J connectivity index is 1.56. The molecule has 42 heavy (non-hydrogen) atoms. The van der Waals surface area contributed by atoms with Crippen LogP contribution in [-0.4, -0.2) is 37.8 Å². The number of Topliss-reactive ketones (excluding diaryl/α,β-unsaturated/α-hetero) is 1. The molecule has 1 saturated heterocycles. The lowest BCUT2D eigenvalue weighted by atomic mass is 9.66. The van der Waals surface area contributed by atoms with Gasteiger partial charge in [0.25, 0.3) is 10.0 Å². The van der Waals surface area contributed by atoms with Crippen LogP contribution in [0.25, 0.3) is 0 Å². The van der Waals surface area contributed by atoms with Crippen LogP contribution in [0.15, 0.2) is 101 Å². The van der Waals surface area contributed by atoms with Gasteiger partial charge in [0, 0.05) is 31.2 Å². The van der Waals surface area contributed by atoms with E-state index in [1.165, 1.54) is 33.6 Å². The van der Waals surface area contributed by atoms with Gasteiger partial charge in [-0.05, 0) is 34.2 Å². The molecule has 0 saturated carbocycles. The zero-order valence-electron chi connectivity index (χ0n) is 24.1. The van der Waals surface area contributed by atoms with Gasteiger partial charge in [-0.1, -0.05) is 93.6 Å². The molecule has 2 atom stereocenters. The molecule has 9 heteroatoms. The number of hydrogen-bond acceptors (Lipinski definition) is 7. The second kappa shape index (κ2) is 11.5. The lowest BCUT2D eigenvalue weighted by Crippen LogP contribution is -2.44. The van der Waals surface area contributed by atoms with Crippen molar-refractivity contribution in [2.75, 3.05) is 11.4 Å². The summed E-state index contributed by atoms with van der Waals surface area (Å²) in [4.78, 5) is 32.4. The molecule has 1 fully saturated rings. The van der Waals surface area contributed by atoms with E-state index in [0.717, 1.165) is 11.1 Å². The SMILES string of the molecule is CN(c1cccc(C(C2C(=O)OC(Cc3ccccc3)(Cc3ccccc3)C2=O)C(C)(C)C)c1)S(=O)(=O)c1cscn1. The van der Waals surface area contributed by atoms with Crippen LogP contribution in [0.1, 0.15) is 43.4 Å². The number of nitrogens with zero attached hydrogens (tertiary/aromatic N) is 2. The van der Waals surface area contributed by atoms with Gasteiger partial charge >= 0.3 is 5.97 Å². The first-order valence-electron chi connectivity index (χ1n) is 13.7. The van der Waals surface area contributed by atoms with Crippen LogP contribution in [0.5, 0.6) is 0 Å². The Morgan fingerprint density at radius 2 is 1.52 bits per heavy atom. The number of sulfonamides is 1. The first kappa shape index (κ1) is 29.7. The van der Waals surface area contributed by atoms with Crippen LogP contribution < -0.4 is 4.31 Å². The average Bonchev–Trinajstić information content (AvgIpc) is 3.58. The number of ether oxygens (including phenoxy) is 1. The van der Waals surface area contributed by atoms with Gasteiger partial charge in [-0.3, -0.25) is 13.9 Å². The third-order valence-electron chi connectivity index (χ3n) is 7.84. The van der Waals surface area contributed by atoms with Crippen molar-refractivity contribution in [1.29, 1.82) is 0 Å². The van der Waals surface area contributed by atoms with Crippen LogP contribution in [0.3, 0.4) is 0 Å². The fourth-order valence-electron chi connectivity index (χ4n) is 5.86. The molecule has 3 aromatic carbocycles. The zero-order chi connectivity index (χ0) is 30.1. The molecule has 1 aromatic heterocycles. The highest BCUT2D eigenvalue weighted by Gasteiger charge is 2.59. The molecule has 0 N–H and O–H groups in total. The standard InChI is InChI=1S/C33H34N2O5S2/c1-32(2,3)29(25-16-11-17-26(18-25)35(4)42(38,39)27-21-41-22-34-27)28-30(36)33(40-31(28)37,19-23-12-7-5-8-13-23)20-24-14-9-6-10-15-24/h5-18,21-22,28-29H,19-20H2,1-4H3. The van der Waals surface area contributed by atoms with Crippen molar-refractivity contribution in [3.05, 3.63) is 113 Å².